The van der Waals surface area contributed by atoms with Gasteiger partial charge in [-0.2, -0.15) is 4.31 Å². The monoisotopic (exact) mass is 330 g/mol. The second kappa shape index (κ2) is 6.65. The third-order valence-corrected chi connectivity index (χ3v) is 6.45. The van der Waals surface area contributed by atoms with Gasteiger partial charge in [0.1, 0.15) is 0 Å². The summed E-state index contributed by atoms with van der Waals surface area (Å²) in [6, 6.07) is 4.99. The van der Waals surface area contributed by atoms with Crippen molar-refractivity contribution in [1.82, 2.24) is 9.62 Å². The maximum Gasteiger partial charge on any atom is 0.243 e. The van der Waals surface area contributed by atoms with Crippen LogP contribution in [0.3, 0.4) is 0 Å². The standard InChI is InChI=1S/C15H23ClN2O2S/c1-11-6-7-18(12(2)8-11)21(19,20)14-4-5-15(16)13(9-14)10-17-3/h4-5,9,11-12,17H,6-8,10H2,1-3H3. The second-order valence-electron chi connectivity index (χ2n) is 5.88. The largest absolute Gasteiger partial charge is 0.316 e. The fourth-order valence-corrected chi connectivity index (χ4v) is 4.81. The van der Waals surface area contributed by atoms with E-state index in [1.807, 2.05) is 14.0 Å². The molecule has 2 rings (SSSR count). The Morgan fingerprint density at radius 3 is 2.71 bits per heavy atom. The predicted octanol–water partition coefficient (Wildman–Crippen LogP) is 2.87. The molecule has 1 aromatic rings. The molecular weight excluding hydrogens is 308 g/mol. The predicted molar refractivity (Wildman–Crippen MR) is 86.0 cm³/mol. The lowest BCUT2D eigenvalue weighted by Crippen LogP contribution is -2.44. The number of halogens is 1. The van der Waals surface area contributed by atoms with Gasteiger partial charge in [0, 0.05) is 24.2 Å². The number of benzene rings is 1. The first-order chi connectivity index (χ1) is 9.86. The minimum Gasteiger partial charge on any atom is -0.316 e. The number of piperidine rings is 1. The molecule has 1 N–H and O–H groups in total. The summed E-state index contributed by atoms with van der Waals surface area (Å²) in [4.78, 5) is 0.332. The second-order valence-corrected chi connectivity index (χ2v) is 8.18. The number of rotatable bonds is 4. The van der Waals surface area contributed by atoms with E-state index in [-0.39, 0.29) is 6.04 Å². The fraction of sp³-hybridized carbons (Fsp3) is 0.600. The maximum absolute atomic E-state index is 12.8. The normalized spacial score (nSPS) is 24.2. The lowest BCUT2D eigenvalue weighted by Gasteiger charge is -2.35. The van der Waals surface area contributed by atoms with Crippen molar-refractivity contribution in [1.29, 1.82) is 0 Å². The third-order valence-electron chi connectivity index (χ3n) is 4.07. The summed E-state index contributed by atoms with van der Waals surface area (Å²) >= 11 is 6.11. The van der Waals surface area contributed by atoms with E-state index in [0.717, 1.165) is 18.4 Å². The third kappa shape index (κ3) is 3.59. The molecule has 118 valence electrons. The van der Waals surface area contributed by atoms with Crippen LogP contribution in [-0.2, 0) is 16.6 Å². The van der Waals surface area contributed by atoms with Gasteiger partial charge >= 0.3 is 0 Å². The zero-order chi connectivity index (χ0) is 15.6. The number of nitrogens with one attached hydrogen (secondary N) is 1. The van der Waals surface area contributed by atoms with E-state index in [2.05, 4.69) is 12.2 Å². The minimum atomic E-state index is -3.45. The van der Waals surface area contributed by atoms with Gasteiger partial charge in [-0.15, -0.1) is 0 Å². The van der Waals surface area contributed by atoms with Crippen LogP contribution < -0.4 is 5.32 Å². The first-order valence-electron chi connectivity index (χ1n) is 7.31. The Hall–Kier alpha value is -0.620. The van der Waals surface area contributed by atoms with Crippen molar-refractivity contribution >= 4 is 21.6 Å². The summed E-state index contributed by atoms with van der Waals surface area (Å²) in [6.45, 7) is 5.30. The number of nitrogens with zero attached hydrogens (tertiary/aromatic N) is 1. The molecule has 21 heavy (non-hydrogen) atoms. The molecule has 1 aliphatic rings. The van der Waals surface area contributed by atoms with Gasteiger partial charge in [-0.1, -0.05) is 18.5 Å². The summed E-state index contributed by atoms with van der Waals surface area (Å²) in [5.41, 5.74) is 0.804. The molecule has 4 nitrogen and oxygen atoms in total. The SMILES string of the molecule is CNCc1cc(S(=O)(=O)N2CCC(C)CC2C)ccc1Cl. The highest BCUT2D eigenvalue weighted by Gasteiger charge is 2.33. The Morgan fingerprint density at radius 2 is 2.10 bits per heavy atom. The van der Waals surface area contributed by atoms with E-state index in [9.17, 15) is 8.42 Å². The highest BCUT2D eigenvalue weighted by molar-refractivity contribution is 7.89. The van der Waals surface area contributed by atoms with Gasteiger partial charge in [0.05, 0.1) is 4.90 Å². The molecule has 0 spiro atoms. The lowest BCUT2D eigenvalue weighted by atomic mass is 9.95. The topological polar surface area (TPSA) is 49.4 Å². The number of hydrogen-bond donors (Lipinski definition) is 1. The molecular formula is C15H23ClN2O2S. The summed E-state index contributed by atoms with van der Waals surface area (Å²) in [6.07, 6.45) is 1.83. The van der Waals surface area contributed by atoms with Gasteiger partial charge in [-0.25, -0.2) is 8.42 Å². The molecule has 0 bridgehead atoms. The molecule has 2 unspecified atom stereocenters. The van der Waals surface area contributed by atoms with E-state index < -0.39 is 10.0 Å². The summed E-state index contributed by atoms with van der Waals surface area (Å²) in [5, 5.41) is 3.59. The highest BCUT2D eigenvalue weighted by Crippen LogP contribution is 2.29. The van der Waals surface area contributed by atoms with E-state index in [4.69, 9.17) is 11.6 Å². The van der Waals surface area contributed by atoms with Crippen LogP contribution in [0.5, 0.6) is 0 Å². The van der Waals surface area contributed by atoms with E-state index in [1.165, 1.54) is 0 Å². The first-order valence-corrected chi connectivity index (χ1v) is 9.13. The minimum absolute atomic E-state index is 0.0437. The average Bonchev–Trinajstić information content (AvgIpc) is 2.40. The molecule has 1 aromatic carbocycles. The molecule has 0 amide bonds. The highest BCUT2D eigenvalue weighted by atomic mass is 35.5. The van der Waals surface area contributed by atoms with Crippen molar-refractivity contribution in [3.63, 3.8) is 0 Å². The van der Waals surface area contributed by atoms with E-state index in [1.54, 1.807) is 22.5 Å². The van der Waals surface area contributed by atoms with Crippen molar-refractivity contribution in [2.75, 3.05) is 13.6 Å². The molecule has 0 aromatic heterocycles. The fourth-order valence-electron chi connectivity index (χ4n) is 2.92. The van der Waals surface area contributed by atoms with Crippen LogP contribution in [0.25, 0.3) is 0 Å². The van der Waals surface area contributed by atoms with Crippen LogP contribution in [0, 0.1) is 5.92 Å². The Labute approximate surface area is 132 Å². The molecule has 1 fully saturated rings. The van der Waals surface area contributed by atoms with Crippen molar-refractivity contribution in [3.05, 3.63) is 28.8 Å². The molecule has 2 atom stereocenters. The molecule has 1 aliphatic heterocycles. The number of hydrogen-bond acceptors (Lipinski definition) is 3. The Balaban J connectivity index is 2.33. The maximum atomic E-state index is 12.8. The zero-order valence-electron chi connectivity index (χ0n) is 12.8. The number of sulfonamides is 1. The Bertz CT molecular complexity index is 604. The summed E-state index contributed by atoms with van der Waals surface area (Å²) in [5.74, 6) is 0.580. The van der Waals surface area contributed by atoms with Gasteiger partial charge in [0.25, 0.3) is 0 Å². The smallest absolute Gasteiger partial charge is 0.243 e. The Kier molecular flexibility index (Phi) is 5.30. The van der Waals surface area contributed by atoms with Crippen molar-refractivity contribution in [3.8, 4) is 0 Å². The van der Waals surface area contributed by atoms with Gasteiger partial charge in [0.2, 0.25) is 10.0 Å². The quantitative estimate of drug-likeness (QED) is 0.923. The zero-order valence-corrected chi connectivity index (χ0v) is 14.3. The molecule has 6 heteroatoms. The molecule has 1 saturated heterocycles. The average molecular weight is 331 g/mol. The summed E-state index contributed by atoms with van der Waals surface area (Å²) < 4.78 is 27.3. The molecule has 0 saturated carbocycles. The van der Waals surface area contributed by atoms with Crippen LogP contribution >= 0.6 is 11.6 Å². The van der Waals surface area contributed by atoms with Crippen LogP contribution in [-0.4, -0.2) is 32.4 Å². The van der Waals surface area contributed by atoms with E-state index >= 15 is 0 Å². The van der Waals surface area contributed by atoms with Crippen LogP contribution in [0.4, 0.5) is 0 Å². The van der Waals surface area contributed by atoms with Crippen molar-refractivity contribution in [2.24, 2.45) is 5.92 Å². The summed E-state index contributed by atoms with van der Waals surface area (Å²) in [7, 11) is -1.63. The van der Waals surface area contributed by atoms with Gasteiger partial charge in [0.15, 0.2) is 0 Å². The van der Waals surface area contributed by atoms with Crippen LogP contribution in [0.1, 0.15) is 32.3 Å². The first kappa shape index (κ1) is 16.7. The Morgan fingerprint density at radius 1 is 1.38 bits per heavy atom. The molecule has 1 heterocycles. The van der Waals surface area contributed by atoms with Crippen LogP contribution in [0.2, 0.25) is 5.02 Å². The molecule has 0 radical (unpaired) electrons. The van der Waals surface area contributed by atoms with Crippen molar-refractivity contribution in [2.45, 2.75) is 44.2 Å². The van der Waals surface area contributed by atoms with Gasteiger partial charge in [-0.05, 0) is 56.5 Å². The van der Waals surface area contributed by atoms with Crippen molar-refractivity contribution < 1.29 is 8.42 Å². The van der Waals surface area contributed by atoms with Gasteiger partial charge < -0.3 is 5.32 Å². The van der Waals surface area contributed by atoms with Gasteiger partial charge in [-0.3, -0.25) is 0 Å². The lowest BCUT2D eigenvalue weighted by molar-refractivity contribution is 0.220. The van der Waals surface area contributed by atoms with Crippen LogP contribution in [0.15, 0.2) is 23.1 Å². The van der Waals surface area contributed by atoms with E-state index in [0.29, 0.717) is 28.9 Å². The molecule has 0 aliphatic carbocycles.